The molecule has 122 valence electrons. The Morgan fingerprint density at radius 2 is 1.74 bits per heavy atom. The number of anilines is 2. The first-order valence-corrected chi connectivity index (χ1v) is 7.45. The van der Waals surface area contributed by atoms with Gasteiger partial charge in [0, 0.05) is 22.3 Å². The SMILES string of the molecule is COc1ccc(C(=O)Nc2c(Br)cc(N)cc2OC)c(OC)c1. The molecule has 2 aromatic carbocycles. The van der Waals surface area contributed by atoms with Crippen LogP contribution in [0.15, 0.2) is 34.8 Å². The maximum Gasteiger partial charge on any atom is 0.259 e. The van der Waals surface area contributed by atoms with Gasteiger partial charge in [0.15, 0.2) is 0 Å². The van der Waals surface area contributed by atoms with Crippen LogP contribution in [0.1, 0.15) is 10.4 Å². The number of carbonyl (C=O) groups is 1. The summed E-state index contributed by atoms with van der Waals surface area (Å²) < 4.78 is 16.3. The summed E-state index contributed by atoms with van der Waals surface area (Å²) in [6.07, 6.45) is 0. The highest BCUT2D eigenvalue weighted by atomic mass is 79.9. The van der Waals surface area contributed by atoms with E-state index >= 15 is 0 Å². The summed E-state index contributed by atoms with van der Waals surface area (Å²) in [6.45, 7) is 0. The van der Waals surface area contributed by atoms with Gasteiger partial charge in [-0.05, 0) is 34.1 Å². The first-order valence-electron chi connectivity index (χ1n) is 6.66. The Morgan fingerprint density at radius 1 is 1.04 bits per heavy atom. The van der Waals surface area contributed by atoms with Crippen LogP contribution in [0, 0.1) is 0 Å². The monoisotopic (exact) mass is 380 g/mol. The highest BCUT2D eigenvalue weighted by Gasteiger charge is 2.17. The highest BCUT2D eigenvalue weighted by Crippen LogP contribution is 2.36. The normalized spacial score (nSPS) is 10.1. The topological polar surface area (TPSA) is 82.8 Å². The summed E-state index contributed by atoms with van der Waals surface area (Å²) in [5.41, 5.74) is 7.15. The molecule has 1 amide bonds. The number of nitrogens with two attached hydrogens (primary N) is 1. The van der Waals surface area contributed by atoms with E-state index in [-0.39, 0.29) is 5.91 Å². The van der Waals surface area contributed by atoms with Crippen LogP contribution in [0.5, 0.6) is 17.2 Å². The summed E-state index contributed by atoms with van der Waals surface area (Å²) >= 11 is 3.37. The van der Waals surface area contributed by atoms with E-state index in [2.05, 4.69) is 21.2 Å². The number of hydrogen-bond donors (Lipinski definition) is 2. The van der Waals surface area contributed by atoms with Crippen molar-refractivity contribution in [3.63, 3.8) is 0 Å². The van der Waals surface area contributed by atoms with Crippen LogP contribution in [-0.2, 0) is 0 Å². The Morgan fingerprint density at radius 3 is 2.35 bits per heavy atom. The van der Waals surface area contributed by atoms with Crippen LogP contribution in [0.2, 0.25) is 0 Å². The third-order valence-electron chi connectivity index (χ3n) is 3.19. The number of carbonyl (C=O) groups excluding carboxylic acids is 1. The minimum absolute atomic E-state index is 0.340. The molecule has 23 heavy (non-hydrogen) atoms. The van der Waals surface area contributed by atoms with Gasteiger partial charge in [-0.25, -0.2) is 0 Å². The zero-order valence-corrected chi connectivity index (χ0v) is 14.6. The van der Waals surface area contributed by atoms with Gasteiger partial charge in [-0.3, -0.25) is 4.79 Å². The molecule has 2 rings (SSSR count). The van der Waals surface area contributed by atoms with Crippen molar-refractivity contribution in [3.05, 3.63) is 40.4 Å². The number of amides is 1. The molecule has 0 saturated heterocycles. The van der Waals surface area contributed by atoms with Crippen molar-refractivity contribution in [2.24, 2.45) is 0 Å². The van der Waals surface area contributed by atoms with E-state index in [0.29, 0.717) is 38.7 Å². The lowest BCUT2D eigenvalue weighted by Crippen LogP contribution is -2.14. The lowest BCUT2D eigenvalue weighted by Gasteiger charge is -2.15. The van der Waals surface area contributed by atoms with Gasteiger partial charge in [0.2, 0.25) is 0 Å². The van der Waals surface area contributed by atoms with E-state index in [4.69, 9.17) is 19.9 Å². The molecule has 0 spiro atoms. The fourth-order valence-electron chi connectivity index (χ4n) is 2.05. The van der Waals surface area contributed by atoms with Crippen molar-refractivity contribution in [1.29, 1.82) is 0 Å². The fourth-order valence-corrected chi connectivity index (χ4v) is 2.61. The lowest BCUT2D eigenvalue weighted by atomic mass is 10.1. The molecule has 0 atom stereocenters. The van der Waals surface area contributed by atoms with E-state index in [1.165, 1.54) is 14.2 Å². The van der Waals surface area contributed by atoms with Crippen molar-refractivity contribution >= 4 is 33.2 Å². The van der Waals surface area contributed by atoms with Crippen LogP contribution >= 0.6 is 15.9 Å². The Labute approximate surface area is 142 Å². The molecule has 0 radical (unpaired) electrons. The van der Waals surface area contributed by atoms with Crippen molar-refractivity contribution in [1.82, 2.24) is 0 Å². The van der Waals surface area contributed by atoms with Crippen molar-refractivity contribution < 1.29 is 19.0 Å². The fraction of sp³-hybridized carbons (Fsp3) is 0.188. The number of ether oxygens (including phenoxy) is 3. The van der Waals surface area contributed by atoms with Gasteiger partial charge in [0.1, 0.15) is 17.2 Å². The predicted octanol–water partition coefficient (Wildman–Crippen LogP) is 3.31. The quantitative estimate of drug-likeness (QED) is 0.777. The third kappa shape index (κ3) is 3.68. The first-order chi connectivity index (χ1) is 11.0. The molecule has 0 heterocycles. The summed E-state index contributed by atoms with van der Waals surface area (Å²) in [4.78, 5) is 12.6. The van der Waals surface area contributed by atoms with Gasteiger partial charge in [-0.2, -0.15) is 0 Å². The number of halogens is 1. The van der Waals surface area contributed by atoms with Crippen molar-refractivity contribution in [2.75, 3.05) is 32.4 Å². The van der Waals surface area contributed by atoms with Gasteiger partial charge in [-0.15, -0.1) is 0 Å². The number of nitrogen functional groups attached to an aromatic ring is 1. The predicted molar refractivity (Wildman–Crippen MR) is 92.6 cm³/mol. The summed E-state index contributed by atoms with van der Waals surface area (Å²) in [5, 5.41) is 2.80. The van der Waals surface area contributed by atoms with Crippen molar-refractivity contribution in [3.8, 4) is 17.2 Å². The molecule has 0 aliphatic carbocycles. The highest BCUT2D eigenvalue weighted by molar-refractivity contribution is 9.10. The largest absolute Gasteiger partial charge is 0.497 e. The molecule has 7 heteroatoms. The number of benzene rings is 2. The minimum atomic E-state index is -0.340. The Balaban J connectivity index is 2.37. The number of rotatable bonds is 5. The van der Waals surface area contributed by atoms with Crippen LogP contribution in [-0.4, -0.2) is 27.2 Å². The van der Waals surface area contributed by atoms with Gasteiger partial charge < -0.3 is 25.3 Å². The average Bonchev–Trinajstić information content (AvgIpc) is 2.56. The maximum absolute atomic E-state index is 12.6. The van der Waals surface area contributed by atoms with E-state index in [1.54, 1.807) is 37.4 Å². The van der Waals surface area contributed by atoms with Crippen molar-refractivity contribution in [2.45, 2.75) is 0 Å². The number of methoxy groups -OCH3 is 3. The summed E-state index contributed by atoms with van der Waals surface area (Å²) in [5.74, 6) is 1.13. The van der Waals surface area contributed by atoms with E-state index in [0.717, 1.165) is 0 Å². The standard InChI is InChI=1S/C16H17BrN2O4/c1-21-10-4-5-11(13(8-10)22-2)16(20)19-15-12(17)6-9(18)7-14(15)23-3/h4-8H,18H2,1-3H3,(H,19,20). The smallest absolute Gasteiger partial charge is 0.259 e. The molecule has 0 aliphatic rings. The molecule has 2 aromatic rings. The third-order valence-corrected chi connectivity index (χ3v) is 3.81. The zero-order chi connectivity index (χ0) is 17.0. The van der Waals surface area contributed by atoms with Crippen LogP contribution in [0.3, 0.4) is 0 Å². The van der Waals surface area contributed by atoms with Gasteiger partial charge >= 0.3 is 0 Å². The molecule has 0 fully saturated rings. The summed E-state index contributed by atoms with van der Waals surface area (Å²) in [7, 11) is 4.54. The van der Waals surface area contributed by atoms with Gasteiger partial charge in [-0.1, -0.05) is 0 Å². The lowest BCUT2D eigenvalue weighted by molar-refractivity contribution is 0.102. The second kappa shape index (κ2) is 7.23. The molecule has 0 aliphatic heterocycles. The number of hydrogen-bond acceptors (Lipinski definition) is 5. The molecule has 0 bridgehead atoms. The average molecular weight is 381 g/mol. The zero-order valence-electron chi connectivity index (χ0n) is 13.0. The Kier molecular flexibility index (Phi) is 5.33. The molecule has 3 N–H and O–H groups in total. The Bertz CT molecular complexity index is 734. The number of nitrogens with one attached hydrogen (secondary N) is 1. The van der Waals surface area contributed by atoms with Crippen LogP contribution < -0.4 is 25.3 Å². The van der Waals surface area contributed by atoms with Gasteiger partial charge in [0.25, 0.3) is 5.91 Å². The maximum atomic E-state index is 12.6. The molecule has 6 nitrogen and oxygen atoms in total. The first kappa shape index (κ1) is 17.0. The van der Waals surface area contributed by atoms with Crippen LogP contribution in [0.25, 0.3) is 0 Å². The van der Waals surface area contributed by atoms with Gasteiger partial charge in [0.05, 0.1) is 32.6 Å². The second-order valence-corrected chi connectivity index (χ2v) is 5.45. The van der Waals surface area contributed by atoms with E-state index in [1.807, 2.05) is 0 Å². The van der Waals surface area contributed by atoms with E-state index in [9.17, 15) is 4.79 Å². The molecule has 0 saturated carbocycles. The molecular formula is C16H17BrN2O4. The van der Waals surface area contributed by atoms with Crippen LogP contribution in [0.4, 0.5) is 11.4 Å². The minimum Gasteiger partial charge on any atom is -0.497 e. The molecular weight excluding hydrogens is 364 g/mol. The van der Waals surface area contributed by atoms with E-state index < -0.39 is 0 Å². The molecule has 0 unspecified atom stereocenters. The second-order valence-electron chi connectivity index (χ2n) is 4.60. The summed E-state index contributed by atoms with van der Waals surface area (Å²) in [6, 6.07) is 8.27. The molecule has 0 aromatic heterocycles. The Hall–Kier alpha value is -2.41.